The van der Waals surface area contributed by atoms with Gasteiger partial charge < -0.3 is 10.5 Å². The molecule has 0 radical (unpaired) electrons. The molecule has 1 heterocycles. The number of nitrogen functional groups attached to an aromatic ring is 1. The van der Waals surface area contributed by atoms with Crippen LogP contribution >= 0.6 is 11.3 Å². The Balaban J connectivity index is 2.42. The van der Waals surface area contributed by atoms with Gasteiger partial charge in [-0.15, -0.1) is 11.3 Å². The fourth-order valence-corrected chi connectivity index (χ4v) is 2.86. The summed E-state index contributed by atoms with van der Waals surface area (Å²) in [7, 11) is 0. The number of esters is 1. The maximum absolute atomic E-state index is 13.1. The fraction of sp³-hybridized carbons (Fsp3) is 0.214. The van der Waals surface area contributed by atoms with Crippen LogP contribution in [0.15, 0.2) is 24.3 Å². The number of aryl methyl sites for hydroxylation is 1. The summed E-state index contributed by atoms with van der Waals surface area (Å²) in [6, 6.07) is 6.25. The largest absolute Gasteiger partial charge is 0.462 e. The van der Waals surface area contributed by atoms with E-state index in [0.717, 1.165) is 16.0 Å². The number of halogens is 1. The molecule has 2 rings (SSSR count). The van der Waals surface area contributed by atoms with Crippen LogP contribution < -0.4 is 5.73 Å². The third kappa shape index (κ3) is 2.76. The van der Waals surface area contributed by atoms with Gasteiger partial charge in [-0.25, -0.2) is 9.18 Å². The zero-order valence-electron chi connectivity index (χ0n) is 10.7. The Bertz CT molecular complexity index is 622. The summed E-state index contributed by atoms with van der Waals surface area (Å²) in [6.45, 7) is 3.87. The van der Waals surface area contributed by atoms with Gasteiger partial charge in [-0.05, 0) is 43.2 Å². The van der Waals surface area contributed by atoms with Crippen molar-refractivity contribution < 1.29 is 13.9 Å². The van der Waals surface area contributed by atoms with E-state index in [1.165, 1.54) is 23.5 Å². The molecule has 0 unspecified atom stereocenters. The van der Waals surface area contributed by atoms with Crippen molar-refractivity contribution in [3.8, 4) is 10.4 Å². The lowest BCUT2D eigenvalue weighted by molar-refractivity contribution is 0.0533. The highest BCUT2D eigenvalue weighted by molar-refractivity contribution is 7.18. The Morgan fingerprint density at radius 1 is 1.42 bits per heavy atom. The van der Waals surface area contributed by atoms with Crippen molar-refractivity contribution in [1.82, 2.24) is 0 Å². The van der Waals surface area contributed by atoms with Gasteiger partial charge in [0.05, 0.1) is 12.3 Å². The summed E-state index contributed by atoms with van der Waals surface area (Å²) in [6.07, 6.45) is 0. The molecule has 0 fully saturated rings. The molecule has 19 heavy (non-hydrogen) atoms. The van der Waals surface area contributed by atoms with Crippen LogP contribution in [-0.2, 0) is 4.74 Å². The van der Waals surface area contributed by atoms with Gasteiger partial charge in [0.2, 0.25) is 0 Å². The highest BCUT2D eigenvalue weighted by Gasteiger charge is 2.17. The molecule has 0 aliphatic carbocycles. The van der Waals surface area contributed by atoms with Gasteiger partial charge in [-0.3, -0.25) is 0 Å². The third-order valence-corrected chi connectivity index (χ3v) is 3.84. The predicted octanol–water partition coefficient (Wildman–Crippen LogP) is 3.62. The smallest absolute Gasteiger partial charge is 0.350 e. The number of carbonyl (C=O) groups excluding carboxylic acids is 1. The number of benzene rings is 1. The van der Waals surface area contributed by atoms with E-state index in [1.807, 2.05) is 6.92 Å². The fourth-order valence-electron chi connectivity index (χ4n) is 1.80. The van der Waals surface area contributed by atoms with E-state index >= 15 is 0 Å². The molecule has 0 saturated heterocycles. The average Bonchev–Trinajstić information content (AvgIpc) is 2.71. The van der Waals surface area contributed by atoms with Crippen LogP contribution in [0.25, 0.3) is 10.4 Å². The molecule has 0 atom stereocenters. The van der Waals surface area contributed by atoms with Crippen LogP contribution in [-0.4, -0.2) is 12.6 Å². The highest BCUT2D eigenvalue weighted by atomic mass is 32.1. The third-order valence-electron chi connectivity index (χ3n) is 2.68. The zero-order chi connectivity index (χ0) is 14.0. The summed E-state index contributed by atoms with van der Waals surface area (Å²) in [5, 5.41) is 0. The summed E-state index contributed by atoms with van der Waals surface area (Å²) in [5.41, 5.74) is 7.89. The quantitative estimate of drug-likeness (QED) is 0.873. The number of hydrogen-bond acceptors (Lipinski definition) is 4. The molecule has 3 nitrogen and oxygen atoms in total. The SMILES string of the molecule is CCOC(=O)c1sc(-c2ccc(F)cc2C)cc1N. The maximum Gasteiger partial charge on any atom is 0.350 e. The molecule has 0 amide bonds. The van der Waals surface area contributed by atoms with Crippen molar-refractivity contribution in [2.24, 2.45) is 0 Å². The number of carbonyl (C=O) groups is 1. The molecule has 0 bridgehead atoms. The first-order valence-corrected chi connectivity index (χ1v) is 6.67. The lowest BCUT2D eigenvalue weighted by atomic mass is 10.1. The maximum atomic E-state index is 13.1. The molecule has 0 aliphatic heterocycles. The number of ether oxygens (including phenoxy) is 1. The van der Waals surface area contributed by atoms with Gasteiger partial charge in [0.15, 0.2) is 0 Å². The summed E-state index contributed by atoms with van der Waals surface area (Å²) in [5.74, 6) is -0.701. The first kappa shape index (κ1) is 13.5. The first-order chi connectivity index (χ1) is 9.02. The van der Waals surface area contributed by atoms with Gasteiger partial charge in [-0.2, -0.15) is 0 Å². The van der Waals surface area contributed by atoms with Crippen LogP contribution in [0.4, 0.5) is 10.1 Å². The van der Waals surface area contributed by atoms with Crippen LogP contribution in [0.5, 0.6) is 0 Å². The summed E-state index contributed by atoms with van der Waals surface area (Å²) >= 11 is 1.26. The molecule has 2 aromatic rings. The molecule has 1 aromatic heterocycles. The van der Waals surface area contributed by atoms with Gasteiger partial charge in [0.1, 0.15) is 10.7 Å². The topological polar surface area (TPSA) is 52.3 Å². The van der Waals surface area contributed by atoms with Crippen LogP contribution in [0.2, 0.25) is 0 Å². The molecular weight excluding hydrogens is 265 g/mol. The normalized spacial score (nSPS) is 10.5. The van der Waals surface area contributed by atoms with Crippen molar-refractivity contribution in [3.05, 3.63) is 40.5 Å². The van der Waals surface area contributed by atoms with Gasteiger partial charge in [0.25, 0.3) is 0 Å². The van der Waals surface area contributed by atoms with Crippen LogP contribution in [0.1, 0.15) is 22.2 Å². The average molecular weight is 279 g/mol. The Morgan fingerprint density at radius 2 is 2.16 bits per heavy atom. The molecule has 5 heteroatoms. The molecule has 100 valence electrons. The number of nitrogens with two attached hydrogens (primary N) is 1. The zero-order valence-corrected chi connectivity index (χ0v) is 11.5. The Labute approximate surface area is 114 Å². The van der Waals surface area contributed by atoms with Gasteiger partial charge in [0, 0.05) is 4.88 Å². The Kier molecular flexibility index (Phi) is 3.85. The summed E-state index contributed by atoms with van der Waals surface area (Å²) < 4.78 is 18.0. The van der Waals surface area contributed by atoms with E-state index in [-0.39, 0.29) is 5.82 Å². The van der Waals surface area contributed by atoms with E-state index in [2.05, 4.69) is 0 Å². The standard InChI is InChI=1S/C14H14FNO2S/c1-3-18-14(17)13-11(16)7-12(19-13)10-5-4-9(15)6-8(10)2/h4-7H,3,16H2,1-2H3. The van der Waals surface area contributed by atoms with E-state index in [1.54, 1.807) is 19.1 Å². The number of rotatable bonds is 3. The van der Waals surface area contributed by atoms with Crippen molar-refractivity contribution in [3.63, 3.8) is 0 Å². The number of hydrogen-bond donors (Lipinski definition) is 1. The Morgan fingerprint density at radius 3 is 2.79 bits per heavy atom. The second kappa shape index (κ2) is 5.40. The minimum absolute atomic E-state index is 0.281. The first-order valence-electron chi connectivity index (χ1n) is 5.86. The van der Waals surface area contributed by atoms with Gasteiger partial charge in [-0.1, -0.05) is 6.07 Å². The van der Waals surface area contributed by atoms with Crippen molar-refractivity contribution in [2.45, 2.75) is 13.8 Å². The summed E-state index contributed by atoms with van der Waals surface area (Å²) in [4.78, 5) is 12.9. The van der Waals surface area contributed by atoms with Crippen LogP contribution in [0.3, 0.4) is 0 Å². The molecule has 2 N–H and O–H groups in total. The monoisotopic (exact) mass is 279 g/mol. The van der Waals surface area contributed by atoms with Gasteiger partial charge >= 0.3 is 5.97 Å². The van der Waals surface area contributed by atoms with E-state index in [9.17, 15) is 9.18 Å². The van der Waals surface area contributed by atoms with Crippen molar-refractivity contribution in [2.75, 3.05) is 12.3 Å². The predicted molar refractivity (Wildman–Crippen MR) is 74.8 cm³/mol. The number of anilines is 1. The molecule has 1 aromatic carbocycles. The lowest BCUT2D eigenvalue weighted by Crippen LogP contribution is -2.04. The van der Waals surface area contributed by atoms with Crippen LogP contribution in [0, 0.1) is 12.7 Å². The van der Waals surface area contributed by atoms with Crippen molar-refractivity contribution >= 4 is 23.0 Å². The second-order valence-electron chi connectivity index (χ2n) is 4.07. The minimum Gasteiger partial charge on any atom is -0.462 e. The Hall–Kier alpha value is -1.88. The highest BCUT2D eigenvalue weighted by Crippen LogP contribution is 2.35. The molecular formula is C14H14FNO2S. The molecule has 0 spiro atoms. The minimum atomic E-state index is -0.420. The van der Waals surface area contributed by atoms with Crippen molar-refractivity contribution in [1.29, 1.82) is 0 Å². The van der Waals surface area contributed by atoms with E-state index in [4.69, 9.17) is 10.5 Å². The molecule has 0 aliphatic rings. The van der Waals surface area contributed by atoms with E-state index < -0.39 is 5.97 Å². The molecule has 0 saturated carbocycles. The number of thiophene rings is 1. The lowest BCUT2D eigenvalue weighted by Gasteiger charge is -2.02. The second-order valence-corrected chi connectivity index (χ2v) is 5.13. The van der Waals surface area contributed by atoms with E-state index in [0.29, 0.717) is 17.2 Å².